The smallest absolute Gasteiger partial charge is 0.161 e. The Labute approximate surface area is 126 Å². The molecular weight excluding hydrogens is 290 g/mol. The Morgan fingerprint density at radius 1 is 1.29 bits per heavy atom. The van der Waals surface area contributed by atoms with Crippen LogP contribution < -0.4 is 14.8 Å². The third-order valence-corrected chi connectivity index (χ3v) is 4.35. The van der Waals surface area contributed by atoms with E-state index in [4.69, 9.17) is 9.47 Å². The number of sulfone groups is 1. The van der Waals surface area contributed by atoms with Gasteiger partial charge in [-0.15, -0.1) is 0 Å². The van der Waals surface area contributed by atoms with Gasteiger partial charge in [-0.3, -0.25) is 0 Å². The van der Waals surface area contributed by atoms with Crippen molar-refractivity contribution in [2.45, 2.75) is 31.8 Å². The maximum Gasteiger partial charge on any atom is 0.161 e. The molecule has 6 heteroatoms. The average Bonchev–Trinajstić information content (AvgIpc) is 3.24. The summed E-state index contributed by atoms with van der Waals surface area (Å²) >= 11 is 0. The third-order valence-electron chi connectivity index (χ3n) is 3.32. The van der Waals surface area contributed by atoms with Crippen LogP contribution in [-0.4, -0.2) is 40.2 Å². The molecule has 0 unspecified atom stereocenters. The van der Waals surface area contributed by atoms with E-state index in [9.17, 15) is 8.42 Å². The van der Waals surface area contributed by atoms with Crippen molar-refractivity contribution in [2.75, 3.05) is 25.7 Å². The van der Waals surface area contributed by atoms with Gasteiger partial charge in [0, 0.05) is 18.8 Å². The predicted octanol–water partition coefficient (Wildman–Crippen LogP) is 1.76. The summed E-state index contributed by atoms with van der Waals surface area (Å²) in [7, 11) is -1.34. The van der Waals surface area contributed by atoms with Gasteiger partial charge in [0.1, 0.15) is 9.84 Å². The molecule has 0 aliphatic heterocycles. The highest BCUT2D eigenvalue weighted by Crippen LogP contribution is 2.28. The zero-order valence-electron chi connectivity index (χ0n) is 12.6. The Balaban J connectivity index is 1.89. The van der Waals surface area contributed by atoms with Crippen LogP contribution in [0.15, 0.2) is 18.2 Å². The van der Waals surface area contributed by atoms with Crippen LogP contribution in [0, 0.1) is 0 Å². The number of hydrogen-bond donors (Lipinski definition) is 1. The lowest BCUT2D eigenvalue weighted by Gasteiger charge is -2.12. The summed E-state index contributed by atoms with van der Waals surface area (Å²) in [6, 6.07) is 6.51. The van der Waals surface area contributed by atoms with E-state index in [2.05, 4.69) is 5.32 Å². The van der Waals surface area contributed by atoms with Crippen molar-refractivity contribution < 1.29 is 17.9 Å². The molecule has 0 radical (unpaired) electrons. The van der Waals surface area contributed by atoms with Crippen molar-refractivity contribution in [1.29, 1.82) is 0 Å². The lowest BCUT2D eigenvalue weighted by atomic mass is 10.2. The summed E-state index contributed by atoms with van der Waals surface area (Å²) in [6.07, 6.45) is 4.22. The molecule has 1 aliphatic carbocycles. The molecule has 1 aromatic rings. The van der Waals surface area contributed by atoms with Gasteiger partial charge in [0.05, 0.1) is 19.5 Å². The summed E-state index contributed by atoms with van der Waals surface area (Å²) in [4.78, 5) is 0. The van der Waals surface area contributed by atoms with Crippen LogP contribution in [0.2, 0.25) is 0 Å². The van der Waals surface area contributed by atoms with Crippen molar-refractivity contribution in [3.05, 3.63) is 23.8 Å². The molecule has 1 saturated carbocycles. The number of benzene rings is 1. The summed E-state index contributed by atoms with van der Waals surface area (Å²) in [5.74, 6) is 1.48. The highest BCUT2D eigenvalue weighted by Gasteiger charge is 2.20. The van der Waals surface area contributed by atoms with E-state index in [0.717, 1.165) is 12.1 Å². The first-order chi connectivity index (χ1) is 9.98. The first-order valence-corrected chi connectivity index (χ1v) is 9.25. The van der Waals surface area contributed by atoms with Crippen molar-refractivity contribution >= 4 is 9.84 Å². The highest BCUT2D eigenvalue weighted by atomic mass is 32.2. The van der Waals surface area contributed by atoms with Crippen LogP contribution in [0.4, 0.5) is 0 Å². The second kappa shape index (κ2) is 7.13. The number of nitrogens with one attached hydrogen (secondary N) is 1. The molecule has 0 atom stereocenters. The Hall–Kier alpha value is -1.27. The predicted molar refractivity (Wildman–Crippen MR) is 82.7 cm³/mol. The van der Waals surface area contributed by atoms with Gasteiger partial charge in [0.2, 0.25) is 0 Å². The molecule has 2 rings (SSSR count). The Kier molecular flexibility index (Phi) is 5.47. The normalized spacial score (nSPS) is 15.0. The van der Waals surface area contributed by atoms with Crippen molar-refractivity contribution in [3.63, 3.8) is 0 Å². The summed E-state index contributed by atoms with van der Waals surface area (Å²) in [5.41, 5.74) is 1.14. The largest absolute Gasteiger partial charge is 0.493 e. The second-order valence-corrected chi connectivity index (χ2v) is 7.73. The third kappa shape index (κ3) is 5.93. The van der Waals surface area contributed by atoms with Crippen LogP contribution in [0.25, 0.3) is 0 Å². The van der Waals surface area contributed by atoms with Crippen molar-refractivity contribution in [1.82, 2.24) is 5.32 Å². The van der Waals surface area contributed by atoms with Crippen LogP contribution in [-0.2, 0) is 16.4 Å². The van der Waals surface area contributed by atoms with Crippen molar-refractivity contribution in [2.24, 2.45) is 0 Å². The van der Waals surface area contributed by atoms with E-state index in [-0.39, 0.29) is 5.75 Å². The van der Waals surface area contributed by atoms with Crippen molar-refractivity contribution in [3.8, 4) is 11.5 Å². The molecule has 0 aromatic heterocycles. The molecule has 0 spiro atoms. The molecule has 1 fully saturated rings. The zero-order chi connectivity index (χ0) is 15.3. The molecule has 118 valence electrons. The lowest BCUT2D eigenvalue weighted by Crippen LogP contribution is -2.15. The molecule has 0 heterocycles. The van der Waals surface area contributed by atoms with Gasteiger partial charge in [0.15, 0.2) is 11.5 Å². The van der Waals surface area contributed by atoms with E-state index in [0.29, 0.717) is 30.6 Å². The standard InChI is InChI=1S/C15H23NO4S/c1-19-14-7-4-12(11-16-13-5-6-13)10-15(14)20-8-3-9-21(2,17)18/h4,7,10,13,16H,3,5-6,8-9,11H2,1-2H3. The zero-order valence-corrected chi connectivity index (χ0v) is 13.4. The minimum atomic E-state index is -2.93. The monoisotopic (exact) mass is 313 g/mol. The summed E-state index contributed by atoms with van der Waals surface area (Å²) in [6.45, 7) is 1.18. The first-order valence-electron chi connectivity index (χ1n) is 7.19. The fourth-order valence-corrected chi connectivity index (χ4v) is 2.64. The van der Waals surface area contributed by atoms with Gasteiger partial charge >= 0.3 is 0 Å². The Morgan fingerprint density at radius 3 is 2.67 bits per heavy atom. The van der Waals surface area contributed by atoms with E-state index < -0.39 is 9.84 Å². The molecule has 1 aliphatic rings. The maximum absolute atomic E-state index is 11.1. The maximum atomic E-state index is 11.1. The SMILES string of the molecule is COc1ccc(CNC2CC2)cc1OCCCS(C)(=O)=O. The Morgan fingerprint density at radius 2 is 2.05 bits per heavy atom. The van der Waals surface area contributed by atoms with Crippen LogP contribution >= 0.6 is 0 Å². The topological polar surface area (TPSA) is 64.6 Å². The van der Waals surface area contributed by atoms with Crippen LogP contribution in [0.1, 0.15) is 24.8 Å². The molecule has 5 nitrogen and oxygen atoms in total. The molecule has 0 saturated heterocycles. The van der Waals surface area contributed by atoms with Gasteiger partial charge in [-0.1, -0.05) is 6.07 Å². The van der Waals surface area contributed by atoms with Gasteiger partial charge in [-0.2, -0.15) is 0 Å². The fourth-order valence-electron chi connectivity index (χ4n) is 2.00. The quantitative estimate of drug-likeness (QED) is 0.704. The van der Waals surface area contributed by atoms with E-state index >= 15 is 0 Å². The highest BCUT2D eigenvalue weighted by molar-refractivity contribution is 7.90. The van der Waals surface area contributed by atoms with Gasteiger partial charge in [-0.05, 0) is 37.0 Å². The van der Waals surface area contributed by atoms with Crippen LogP contribution in [0.3, 0.4) is 0 Å². The molecule has 1 N–H and O–H groups in total. The second-order valence-electron chi connectivity index (χ2n) is 5.47. The van der Waals surface area contributed by atoms with E-state index in [1.807, 2.05) is 18.2 Å². The molecule has 21 heavy (non-hydrogen) atoms. The molecule has 0 bridgehead atoms. The summed E-state index contributed by atoms with van der Waals surface area (Å²) in [5, 5.41) is 3.45. The average molecular weight is 313 g/mol. The first kappa shape index (κ1) is 16.1. The number of rotatable bonds is 9. The molecule has 1 aromatic carbocycles. The molecular formula is C15H23NO4S. The minimum absolute atomic E-state index is 0.137. The fraction of sp³-hybridized carbons (Fsp3) is 0.600. The van der Waals surface area contributed by atoms with Crippen LogP contribution in [0.5, 0.6) is 11.5 Å². The van der Waals surface area contributed by atoms with Gasteiger partial charge in [0.25, 0.3) is 0 Å². The van der Waals surface area contributed by atoms with E-state index in [1.165, 1.54) is 19.1 Å². The Bertz CT molecular complexity index is 567. The van der Waals surface area contributed by atoms with Gasteiger partial charge in [-0.25, -0.2) is 8.42 Å². The minimum Gasteiger partial charge on any atom is -0.493 e. The summed E-state index contributed by atoms with van der Waals surface area (Å²) < 4.78 is 33.1. The molecule has 0 amide bonds. The number of ether oxygens (including phenoxy) is 2. The number of hydrogen-bond acceptors (Lipinski definition) is 5. The van der Waals surface area contributed by atoms with E-state index in [1.54, 1.807) is 7.11 Å². The number of methoxy groups -OCH3 is 1. The lowest BCUT2D eigenvalue weighted by molar-refractivity contribution is 0.294. The van der Waals surface area contributed by atoms with Gasteiger partial charge < -0.3 is 14.8 Å².